The number of nitrogens with two attached hydrogens (primary N) is 1. The molecule has 0 radical (unpaired) electrons. The summed E-state index contributed by atoms with van der Waals surface area (Å²) in [6.07, 6.45) is 4.57. The Morgan fingerprint density at radius 2 is 2.25 bits per heavy atom. The molecule has 66 valence electrons. The van der Waals surface area contributed by atoms with Crippen LogP contribution < -0.4 is 5.73 Å². The molecule has 0 aliphatic carbocycles. The summed E-state index contributed by atoms with van der Waals surface area (Å²) < 4.78 is 1.06. The van der Waals surface area contributed by atoms with Crippen molar-refractivity contribution in [2.45, 2.75) is 26.3 Å². The molecule has 0 aliphatic rings. The van der Waals surface area contributed by atoms with Crippen molar-refractivity contribution >= 4 is 15.9 Å². The van der Waals surface area contributed by atoms with Gasteiger partial charge in [-0.15, -0.1) is 0 Å². The second-order valence-corrected chi connectivity index (χ2v) is 3.94. The van der Waals surface area contributed by atoms with Gasteiger partial charge in [0.15, 0.2) is 0 Å². The van der Waals surface area contributed by atoms with E-state index >= 15 is 0 Å². The number of hydrogen-bond donors (Lipinski definition) is 1. The topological polar surface area (TPSA) is 38.9 Å². The van der Waals surface area contributed by atoms with Crippen molar-refractivity contribution in [3.05, 3.63) is 28.0 Å². The summed E-state index contributed by atoms with van der Waals surface area (Å²) in [5, 5.41) is 0. The summed E-state index contributed by atoms with van der Waals surface area (Å²) in [6.45, 7) is 4.07. The van der Waals surface area contributed by atoms with Crippen LogP contribution in [-0.4, -0.2) is 11.0 Å². The maximum Gasteiger partial charge on any atom is 0.0413 e. The van der Waals surface area contributed by atoms with Gasteiger partial charge >= 0.3 is 0 Å². The highest BCUT2D eigenvalue weighted by atomic mass is 79.9. The summed E-state index contributed by atoms with van der Waals surface area (Å²) >= 11 is 3.43. The summed E-state index contributed by atoms with van der Waals surface area (Å²) in [5.74, 6) is 0. The van der Waals surface area contributed by atoms with Crippen molar-refractivity contribution in [1.29, 1.82) is 0 Å². The molecule has 0 aromatic carbocycles. The molecule has 0 amide bonds. The molecule has 0 bridgehead atoms. The number of pyridine rings is 1. The summed E-state index contributed by atoms with van der Waals surface area (Å²) in [6, 6.07) is 0.194. The van der Waals surface area contributed by atoms with Gasteiger partial charge in [-0.2, -0.15) is 0 Å². The third-order valence-corrected chi connectivity index (χ3v) is 2.60. The number of halogens is 1. The normalized spacial score (nSPS) is 13.0. The van der Waals surface area contributed by atoms with E-state index in [1.807, 2.05) is 13.1 Å². The molecule has 0 saturated heterocycles. The minimum absolute atomic E-state index is 0.194. The van der Waals surface area contributed by atoms with Crippen LogP contribution in [0.1, 0.15) is 18.1 Å². The van der Waals surface area contributed by atoms with Gasteiger partial charge < -0.3 is 5.73 Å². The molecule has 1 heterocycles. The lowest BCUT2D eigenvalue weighted by molar-refractivity contribution is 0.731. The number of nitrogens with zero attached hydrogens (tertiary/aromatic N) is 1. The lowest BCUT2D eigenvalue weighted by Gasteiger charge is -2.08. The molecule has 0 aliphatic heterocycles. The van der Waals surface area contributed by atoms with E-state index in [1.165, 1.54) is 11.1 Å². The second-order valence-electron chi connectivity index (χ2n) is 3.09. The predicted octanol–water partition coefficient (Wildman–Crippen LogP) is 2.04. The van der Waals surface area contributed by atoms with E-state index in [4.69, 9.17) is 5.73 Å². The predicted molar refractivity (Wildman–Crippen MR) is 54.0 cm³/mol. The highest BCUT2D eigenvalue weighted by molar-refractivity contribution is 9.10. The highest BCUT2D eigenvalue weighted by Gasteiger charge is 2.04. The third kappa shape index (κ3) is 2.29. The van der Waals surface area contributed by atoms with Crippen molar-refractivity contribution < 1.29 is 0 Å². The average molecular weight is 229 g/mol. The zero-order chi connectivity index (χ0) is 9.14. The Hall–Kier alpha value is -0.410. The van der Waals surface area contributed by atoms with E-state index in [1.54, 1.807) is 6.20 Å². The number of rotatable bonds is 2. The van der Waals surface area contributed by atoms with E-state index in [0.717, 1.165) is 10.9 Å². The molecule has 0 spiro atoms. The molecular weight excluding hydrogens is 216 g/mol. The molecule has 1 aromatic rings. The first-order valence-electron chi connectivity index (χ1n) is 3.96. The molecule has 1 aromatic heterocycles. The lowest BCUT2D eigenvalue weighted by Crippen LogP contribution is -2.18. The Balaban J connectivity index is 2.92. The van der Waals surface area contributed by atoms with Crippen LogP contribution in [0, 0.1) is 6.92 Å². The van der Waals surface area contributed by atoms with Gasteiger partial charge in [0.1, 0.15) is 0 Å². The van der Waals surface area contributed by atoms with Crippen LogP contribution in [0.2, 0.25) is 0 Å². The molecule has 2 nitrogen and oxygen atoms in total. The molecule has 12 heavy (non-hydrogen) atoms. The van der Waals surface area contributed by atoms with Crippen molar-refractivity contribution in [2.75, 3.05) is 0 Å². The maximum absolute atomic E-state index is 5.70. The van der Waals surface area contributed by atoms with Gasteiger partial charge in [0, 0.05) is 22.9 Å². The van der Waals surface area contributed by atoms with Crippen molar-refractivity contribution in [3.8, 4) is 0 Å². The first-order chi connectivity index (χ1) is 5.61. The molecule has 0 fully saturated rings. The molecule has 1 atom stereocenters. The summed E-state index contributed by atoms with van der Waals surface area (Å²) in [5.41, 5.74) is 8.16. The van der Waals surface area contributed by atoms with Gasteiger partial charge in [-0.25, -0.2) is 0 Å². The van der Waals surface area contributed by atoms with Gasteiger partial charge in [-0.05, 0) is 47.3 Å². The van der Waals surface area contributed by atoms with Crippen LogP contribution in [0.3, 0.4) is 0 Å². The molecule has 1 rings (SSSR count). The van der Waals surface area contributed by atoms with E-state index in [9.17, 15) is 0 Å². The average Bonchev–Trinajstić information content (AvgIpc) is 1.98. The summed E-state index contributed by atoms with van der Waals surface area (Å²) in [4.78, 5) is 4.10. The molecular formula is C9H13BrN2. The van der Waals surface area contributed by atoms with Gasteiger partial charge in [-0.1, -0.05) is 0 Å². The zero-order valence-corrected chi connectivity index (χ0v) is 8.93. The fourth-order valence-corrected chi connectivity index (χ4v) is 1.47. The van der Waals surface area contributed by atoms with Crippen LogP contribution in [0.15, 0.2) is 16.9 Å². The standard InChI is InChI=1S/C9H13BrN2/c1-6(11)3-8-4-12-5-9(10)7(8)2/h4-6H,3,11H2,1-2H3. The second kappa shape index (κ2) is 4.01. The van der Waals surface area contributed by atoms with Crippen LogP contribution >= 0.6 is 15.9 Å². The molecule has 2 N–H and O–H groups in total. The largest absolute Gasteiger partial charge is 0.328 e. The molecule has 0 saturated carbocycles. The highest BCUT2D eigenvalue weighted by Crippen LogP contribution is 2.18. The van der Waals surface area contributed by atoms with Gasteiger partial charge in [-0.3, -0.25) is 4.98 Å². The SMILES string of the molecule is Cc1c(Br)cncc1CC(C)N. The quantitative estimate of drug-likeness (QED) is 0.842. The number of hydrogen-bond acceptors (Lipinski definition) is 2. The van der Waals surface area contributed by atoms with Gasteiger partial charge in [0.25, 0.3) is 0 Å². The van der Waals surface area contributed by atoms with E-state index in [0.29, 0.717) is 0 Å². The van der Waals surface area contributed by atoms with E-state index in [-0.39, 0.29) is 6.04 Å². The Kier molecular flexibility index (Phi) is 3.23. The van der Waals surface area contributed by atoms with Crippen LogP contribution in [0.4, 0.5) is 0 Å². The summed E-state index contributed by atoms with van der Waals surface area (Å²) in [7, 11) is 0. The van der Waals surface area contributed by atoms with Gasteiger partial charge in [0.2, 0.25) is 0 Å². The van der Waals surface area contributed by atoms with Crippen LogP contribution in [-0.2, 0) is 6.42 Å². The number of aromatic nitrogens is 1. The third-order valence-electron chi connectivity index (χ3n) is 1.80. The first-order valence-corrected chi connectivity index (χ1v) is 4.75. The maximum atomic E-state index is 5.70. The Morgan fingerprint density at radius 3 is 2.83 bits per heavy atom. The van der Waals surface area contributed by atoms with Crippen molar-refractivity contribution in [3.63, 3.8) is 0 Å². The van der Waals surface area contributed by atoms with Gasteiger partial charge in [0.05, 0.1) is 0 Å². The minimum atomic E-state index is 0.194. The van der Waals surface area contributed by atoms with Crippen LogP contribution in [0.25, 0.3) is 0 Å². The first kappa shape index (κ1) is 9.68. The minimum Gasteiger partial charge on any atom is -0.328 e. The fourth-order valence-electron chi connectivity index (χ4n) is 1.09. The lowest BCUT2D eigenvalue weighted by atomic mass is 10.1. The fraction of sp³-hybridized carbons (Fsp3) is 0.444. The van der Waals surface area contributed by atoms with Crippen LogP contribution in [0.5, 0.6) is 0 Å². The Labute approximate surface area is 81.3 Å². The van der Waals surface area contributed by atoms with Crippen molar-refractivity contribution in [2.24, 2.45) is 5.73 Å². The Bertz CT molecular complexity index is 271. The Morgan fingerprint density at radius 1 is 1.58 bits per heavy atom. The monoisotopic (exact) mass is 228 g/mol. The zero-order valence-electron chi connectivity index (χ0n) is 7.34. The van der Waals surface area contributed by atoms with E-state index in [2.05, 4.69) is 27.8 Å². The smallest absolute Gasteiger partial charge is 0.0413 e. The van der Waals surface area contributed by atoms with E-state index < -0.39 is 0 Å². The molecule has 3 heteroatoms. The molecule has 1 unspecified atom stereocenters. The van der Waals surface area contributed by atoms with Crippen molar-refractivity contribution in [1.82, 2.24) is 4.98 Å².